The van der Waals surface area contributed by atoms with Crippen molar-refractivity contribution in [2.24, 2.45) is 16.4 Å². The highest BCUT2D eigenvalue weighted by Gasteiger charge is 2.47. The van der Waals surface area contributed by atoms with Gasteiger partial charge in [0.15, 0.2) is 0 Å². The van der Waals surface area contributed by atoms with Gasteiger partial charge in [-0.05, 0) is 35.4 Å². The van der Waals surface area contributed by atoms with Crippen LogP contribution >= 0.6 is 11.6 Å². The molecule has 0 radical (unpaired) electrons. The minimum atomic E-state index is -0.593. The van der Waals surface area contributed by atoms with Gasteiger partial charge < -0.3 is 0 Å². The molecule has 2 aromatic rings. The molecular formula is C22H22ClF2N3O. The fraction of sp³-hybridized carbons (Fsp3) is 0.364. The second-order valence-electron chi connectivity index (χ2n) is 8.39. The highest BCUT2D eigenvalue weighted by atomic mass is 35.5. The van der Waals surface area contributed by atoms with Gasteiger partial charge in [0.25, 0.3) is 5.91 Å². The summed E-state index contributed by atoms with van der Waals surface area (Å²) in [5, 5.41) is 6.82. The van der Waals surface area contributed by atoms with Gasteiger partial charge >= 0.3 is 0 Å². The van der Waals surface area contributed by atoms with Crippen molar-refractivity contribution in [3.05, 3.63) is 70.2 Å². The monoisotopic (exact) mass is 417 g/mol. The zero-order valence-corrected chi connectivity index (χ0v) is 17.1. The molecule has 1 saturated heterocycles. The molecule has 2 aromatic carbocycles. The zero-order chi connectivity index (χ0) is 20.8. The van der Waals surface area contributed by atoms with Crippen molar-refractivity contribution in [2.45, 2.75) is 26.9 Å². The first-order valence-electron chi connectivity index (χ1n) is 9.53. The number of piperidine rings is 1. The van der Waals surface area contributed by atoms with Crippen LogP contribution in [0.2, 0.25) is 5.02 Å². The maximum atomic E-state index is 13.5. The molecule has 7 heteroatoms. The molecule has 0 bridgehead atoms. The van der Waals surface area contributed by atoms with Gasteiger partial charge in [-0.3, -0.25) is 9.69 Å². The highest BCUT2D eigenvalue weighted by molar-refractivity contribution is 6.30. The lowest BCUT2D eigenvalue weighted by molar-refractivity contribution is -0.133. The summed E-state index contributed by atoms with van der Waals surface area (Å²) in [5.41, 5.74) is 2.06. The highest BCUT2D eigenvalue weighted by Crippen LogP contribution is 2.36. The Balaban J connectivity index is 1.52. The summed E-state index contributed by atoms with van der Waals surface area (Å²) >= 11 is 5.94. The second-order valence-corrected chi connectivity index (χ2v) is 8.83. The molecule has 1 amide bonds. The van der Waals surface area contributed by atoms with E-state index in [1.807, 2.05) is 12.1 Å². The quantitative estimate of drug-likeness (QED) is 0.735. The maximum Gasteiger partial charge on any atom is 0.253 e. The van der Waals surface area contributed by atoms with Gasteiger partial charge in [0, 0.05) is 36.1 Å². The lowest BCUT2D eigenvalue weighted by atomic mass is 9.76. The van der Waals surface area contributed by atoms with Gasteiger partial charge in [-0.1, -0.05) is 37.6 Å². The van der Waals surface area contributed by atoms with Crippen LogP contribution in [0.5, 0.6) is 0 Å². The normalized spacial score (nSPS) is 21.3. The third-order valence-electron chi connectivity index (χ3n) is 5.44. The lowest BCUT2D eigenvalue weighted by Gasteiger charge is -2.40. The zero-order valence-electron chi connectivity index (χ0n) is 16.3. The van der Waals surface area contributed by atoms with Crippen molar-refractivity contribution in [3.8, 4) is 0 Å². The Bertz CT molecular complexity index is 954. The molecular weight excluding hydrogens is 396 g/mol. The molecule has 0 N–H and O–H groups in total. The van der Waals surface area contributed by atoms with Gasteiger partial charge in [-0.15, -0.1) is 0 Å². The molecule has 29 heavy (non-hydrogen) atoms. The number of likely N-dealkylation sites (tertiary alicyclic amines) is 1. The van der Waals surface area contributed by atoms with Crippen molar-refractivity contribution in [1.82, 2.24) is 9.91 Å². The SMILES string of the molecule is CC1(C)CN(Cc2cc(F)cc(F)c2)CC2C(=O)N(Cc3ccc(Cl)cc3)N=C21. The summed E-state index contributed by atoms with van der Waals surface area (Å²) < 4.78 is 27.1. The topological polar surface area (TPSA) is 35.9 Å². The molecule has 0 saturated carbocycles. The van der Waals surface area contributed by atoms with E-state index in [2.05, 4.69) is 23.8 Å². The fourth-order valence-electron chi connectivity index (χ4n) is 4.24. The van der Waals surface area contributed by atoms with E-state index in [9.17, 15) is 13.6 Å². The number of carbonyl (C=O) groups excluding carboxylic acids is 1. The Morgan fingerprint density at radius 2 is 1.72 bits per heavy atom. The molecule has 4 nitrogen and oxygen atoms in total. The van der Waals surface area contributed by atoms with E-state index in [4.69, 9.17) is 11.6 Å². The third-order valence-corrected chi connectivity index (χ3v) is 5.69. The summed E-state index contributed by atoms with van der Waals surface area (Å²) in [6.45, 7) is 6.01. The summed E-state index contributed by atoms with van der Waals surface area (Å²) in [6.07, 6.45) is 0. The Morgan fingerprint density at radius 1 is 1.07 bits per heavy atom. The van der Waals surface area contributed by atoms with Gasteiger partial charge in [0.2, 0.25) is 0 Å². The molecule has 0 spiro atoms. The molecule has 1 unspecified atom stereocenters. The first-order valence-corrected chi connectivity index (χ1v) is 9.91. The number of nitrogens with zero attached hydrogens (tertiary/aromatic N) is 3. The van der Waals surface area contributed by atoms with Crippen molar-refractivity contribution < 1.29 is 13.6 Å². The van der Waals surface area contributed by atoms with Gasteiger partial charge in [0.1, 0.15) is 11.6 Å². The number of hydrogen-bond donors (Lipinski definition) is 0. The number of halogens is 3. The Kier molecular flexibility index (Phi) is 5.17. The molecule has 152 valence electrons. The van der Waals surface area contributed by atoms with Crippen molar-refractivity contribution in [3.63, 3.8) is 0 Å². The van der Waals surface area contributed by atoms with E-state index in [0.29, 0.717) is 36.8 Å². The smallest absolute Gasteiger partial charge is 0.253 e. The van der Waals surface area contributed by atoms with Crippen molar-refractivity contribution >= 4 is 23.2 Å². The van der Waals surface area contributed by atoms with Gasteiger partial charge in [-0.25, -0.2) is 13.8 Å². The summed E-state index contributed by atoms with van der Waals surface area (Å²) in [6, 6.07) is 10.9. The van der Waals surface area contributed by atoms with Gasteiger partial charge in [-0.2, -0.15) is 5.10 Å². The van der Waals surface area contributed by atoms with E-state index >= 15 is 0 Å². The van der Waals surface area contributed by atoms with Crippen molar-refractivity contribution in [2.75, 3.05) is 13.1 Å². The van der Waals surface area contributed by atoms with E-state index in [-0.39, 0.29) is 17.2 Å². The molecule has 4 rings (SSSR count). The Morgan fingerprint density at radius 3 is 2.38 bits per heavy atom. The first kappa shape index (κ1) is 20.0. The molecule has 0 aromatic heterocycles. The number of amides is 1. The van der Waals surface area contributed by atoms with Crippen LogP contribution in [0.1, 0.15) is 25.0 Å². The average molecular weight is 418 g/mol. The van der Waals surface area contributed by atoms with Crippen LogP contribution in [-0.2, 0) is 17.9 Å². The van der Waals surface area contributed by atoms with Crippen LogP contribution in [0.15, 0.2) is 47.6 Å². The van der Waals surface area contributed by atoms with E-state index in [1.54, 1.807) is 12.1 Å². The van der Waals surface area contributed by atoms with Gasteiger partial charge in [0.05, 0.1) is 18.2 Å². The third kappa shape index (κ3) is 4.19. The van der Waals surface area contributed by atoms with E-state index in [0.717, 1.165) is 17.3 Å². The number of carbonyl (C=O) groups is 1. The number of rotatable bonds is 4. The average Bonchev–Trinajstić information content (AvgIpc) is 2.93. The number of hydrogen-bond acceptors (Lipinski definition) is 3. The van der Waals surface area contributed by atoms with Crippen LogP contribution in [-0.4, -0.2) is 34.6 Å². The van der Waals surface area contributed by atoms with Crippen molar-refractivity contribution in [1.29, 1.82) is 0 Å². The van der Waals surface area contributed by atoms with Crippen LogP contribution in [0, 0.1) is 23.0 Å². The van der Waals surface area contributed by atoms with Crippen LogP contribution in [0.3, 0.4) is 0 Å². The minimum absolute atomic E-state index is 0.0434. The largest absolute Gasteiger partial charge is 0.297 e. The van der Waals surface area contributed by atoms with Crippen LogP contribution in [0.25, 0.3) is 0 Å². The lowest BCUT2D eigenvalue weighted by Crippen LogP contribution is -2.52. The molecule has 0 aliphatic carbocycles. The summed E-state index contributed by atoms with van der Waals surface area (Å²) in [5.74, 6) is -1.57. The number of hydrazone groups is 1. The summed E-state index contributed by atoms with van der Waals surface area (Å²) in [4.78, 5) is 15.1. The number of benzene rings is 2. The molecule has 1 atom stereocenters. The van der Waals surface area contributed by atoms with E-state index in [1.165, 1.54) is 17.1 Å². The summed E-state index contributed by atoms with van der Waals surface area (Å²) in [7, 11) is 0. The molecule has 2 aliphatic heterocycles. The molecule has 2 heterocycles. The predicted molar refractivity (Wildman–Crippen MR) is 108 cm³/mol. The first-order chi connectivity index (χ1) is 13.7. The standard InChI is InChI=1S/C22H22ClF2N3O/c1-22(2)13-27(10-15-7-17(24)9-18(25)8-15)12-19-20(22)26-28(21(19)29)11-14-3-5-16(23)6-4-14/h3-9,19H,10-13H2,1-2H3. The molecule has 1 fully saturated rings. The molecule has 2 aliphatic rings. The van der Waals surface area contributed by atoms with Crippen LogP contribution < -0.4 is 0 Å². The van der Waals surface area contributed by atoms with E-state index < -0.39 is 11.6 Å². The van der Waals surface area contributed by atoms with Crippen LogP contribution in [0.4, 0.5) is 8.78 Å². The maximum absolute atomic E-state index is 13.5. The minimum Gasteiger partial charge on any atom is -0.297 e. The number of fused-ring (bicyclic) bond motifs is 1. The fourth-order valence-corrected chi connectivity index (χ4v) is 4.36. The second kappa shape index (κ2) is 7.50. The predicted octanol–water partition coefficient (Wildman–Crippen LogP) is 4.47. The Labute approximate surface area is 173 Å². The Hall–Kier alpha value is -2.31.